The minimum absolute atomic E-state index is 0.260. The molecule has 1 heteroatoms. The Bertz CT molecular complexity index is 366. The summed E-state index contributed by atoms with van der Waals surface area (Å²) in [5, 5.41) is 3.45. The summed E-state index contributed by atoms with van der Waals surface area (Å²) < 4.78 is 0. The molecule has 0 amide bonds. The van der Waals surface area contributed by atoms with Crippen LogP contribution in [0.4, 0.5) is 0 Å². The molecule has 1 fully saturated rings. The van der Waals surface area contributed by atoms with Crippen molar-refractivity contribution in [2.24, 2.45) is 5.92 Å². The van der Waals surface area contributed by atoms with Crippen LogP contribution in [0.15, 0.2) is 24.3 Å². The highest BCUT2D eigenvalue weighted by Crippen LogP contribution is 2.32. The normalized spacial score (nSPS) is 19.8. The zero-order chi connectivity index (χ0) is 13.2. The molecule has 0 radical (unpaired) electrons. The molecule has 18 heavy (non-hydrogen) atoms. The van der Waals surface area contributed by atoms with E-state index in [1.54, 1.807) is 0 Å². The van der Waals surface area contributed by atoms with Crippen molar-refractivity contribution in [3.63, 3.8) is 0 Å². The van der Waals surface area contributed by atoms with Gasteiger partial charge in [-0.15, -0.1) is 0 Å². The van der Waals surface area contributed by atoms with Crippen molar-refractivity contribution >= 4 is 0 Å². The third kappa shape index (κ3) is 3.14. The van der Waals surface area contributed by atoms with Gasteiger partial charge >= 0.3 is 0 Å². The first-order valence-corrected chi connectivity index (χ1v) is 7.29. The van der Waals surface area contributed by atoms with Gasteiger partial charge in [0, 0.05) is 0 Å². The van der Waals surface area contributed by atoms with Crippen LogP contribution in [0.1, 0.15) is 57.6 Å². The highest BCUT2D eigenvalue weighted by molar-refractivity contribution is 5.29. The molecule has 100 valence electrons. The molecule has 1 N–H and O–H groups in total. The second-order valence-electron chi connectivity index (χ2n) is 6.75. The average Bonchev–Trinajstić information content (AvgIpc) is 2.38. The van der Waals surface area contributed by atoms with Crippen LogP contribution in [0.25, 0.3) is 0 Å². The summed E-state index contributed by atoms with van der Waals surface area (Å²) in [5.41, 5.74) is 3.20. The van der Waals surface area contributed by atoms with Crippen molar-refractivity contribution in [2.45, 2.75) is 51.9 Å². The molecule has 1 aliphatic heterocycles. The van der Waals surface area contributed by atoms with Crippen LogP contribution in [0.5, 0.6) is 0 Å². The van der Waals surface area contributed by atoms with E-state index in [-0.39, 0.29) is 5.41 Å². The van der Waals surface area contributed by atoms with Crippen LogP contribution in [0.3, 0.4) is 0 Å². The van der Waals surface area contributed by atoms with Crippen molar-refractivity contribution < 1.29 is 0 Å². The minimum Gasteiger partial charge on any atom is -0.317 e. The number of hydrogen-bond donors (Lipinski definition) is 1. The zero-order valence-electron chi connectivity index (χ0n) is 12.3. The van der Waals surface area contributed by atoms with Crippen molar-refractivity contribution in [2.75, 3.05) is 13.1 Å². The van der Waals surface area contributed by atoms with Crippen LogP contribution < -0.4 is 5.32 Å². The molecule has 0 spiro atoms. The summed E-state index contributed by atoms with van der Waals surface area (Å²) in [7, 11) is 0. The molecule has 0 saturated carbocycles. The highest BCUT2D eigenvalue weighted by atomic mass is 14.9. The number of piperidine rings is 1. The maximum atomic E-state index is 3.45. The summed E-state index contributed by atoms with van der Waals surface area (Å²) in [4.78, 5) is 0. The smallest absolute Gasteiger partial charge is 0.00461 e. The summed E-state index contributed by atoms with van der Waals surface area (Å²) in [6, 6.07) is 9.31. The number of rotatable bonds is 2. The van der Waals surface area contributed by atoms with Gasteiger partial charge in [-0.25, -0.2) is 0 Å². The first kappa shape index (κ1) is 13.6. The second-order valence-corrected chi connectivity index (χ2v) is 6.75. The fourth-order valence-corrected chi connectivity index (χ4v) is 2.90. The van der Waals surface area contributed by atoms with Crippen molar-refractivity contribution in [1.82, 2.24) is 5.32 Å². The molecular weight excluding hydrogens is 218 g/mol. The van der Waals surface area contributed by atoms with Gasteiger partial charge in [-0.2, -0.15) is 0 Å². The van der Waals surface area contributed by atoms with Gasteiger partial charge in [0.25, 0.3) is 0 Å². The molecule has 0 aliphatic carbocycles. The van der Waals surface area contributed by atoms with Gasteiger partial charge in [0.1, 0.15) is 0 Å². The number of benzene rings is 1. The minimum atomic E-state index is 0.260. The third-order valence-corrected chi connectivity index (χ3v) is 4.39. The molecule has 1 unspecified atom stereocenters. The molecule has 1 atom stereocenters. The Morgan fingerprint density at radius 1 is 1.06 bits per heavy atom. The predicted octanol–water partition coefficient (Wildman–Crippen LogP) is 4.09. The van der Waals surface area contributed by atoms with E-state index < -0.39 is 0 Å². The summed E-state index contributed by atoms with van der Waals surface area (Å²) in [6.45, 7) is 11.6. The lowest BCUT2D eigenvalue weighted by Crippen LogP contribution is -2.30. The number of hydrogen-bond acceptors (Lipinski definition) is 1. The number of nitrogens with one attached hydrogen (secondary N) is 1. The maximum absolute atomic E-state index is 3.45. The van der Waals surface area contributed by atoms with Crippen LogP contribution in [0.2, 0.25) is 0 Å². The van der Waals surface area contributed by atoms with Gasteiger partial charge < -0.3 is 5.32 Å². The Morgan fingerprint density at radius 2 is 1.61 bits per heavy atom. The molecule has 1 nitrogen and oxygen atoms in total. The van der Waals surface area contributed by atoms with Crippen LogP contribution >= 0.6 is 0 Å². The summed E-state index contributed by atoms with van der Waals surface area (Å²) in [5.74, 6) is 1.55. The van der Waals surface area contributed by atoms with Gasteiger partial charge in [-0.3, -0.25) is 0 Å². The predicted molar refractivity (Wildman–Crippen MR) is 79.2 cm³/mol. The average molecular weight is 245 g/mol. The quantitative estimate of drug-likeness (QED) is 0.827. The lowest BCUT2D eigenvalue weighted by Gasteiger charge is -2.29. The zero-order valence-corrected chi connectivity index (χ0v) is 12.3. The van der Waals surface area contributed by atoms with E-state index in [1.807, 2.05) is 0 Å². The van der Waals surface area contributed by atoms with Gasteiger partial charge in [-0.05, 0) is 54.3 Å². The molecule has 0 bridgehead atoms. The lowest BCUT2D eigenvalue weighted by molar-refractivity contribution is 0.330. The maximum Gasteiger partial charge on any atom is -0.00461 e. The molecule has 2 rings (SSSR count). The van der Waals surface area contributed by atoms with Crippen molar-refractivity contribution in [1.29, 1.82) is 0 Å². The Labute approximate surface area is 112 Å². The van der Waals surface area contributed by atoms with E-state index in [4.69, 9.17) is 0 Å². The van der Waals surface area contributed by atoms with Crippen molar-refractivity contribution in [3.05, 3.63) is 35.4 Å². The van der Waals surface area contributed by atoms with E-state index >= 15 is 0 Å². The molecule has 1 saturated heterocycles. The van der Waals surface area contributed by atoms with E-state index in [2.05, 4.69) is 57.3 Å². The first-order chi connectivity index (χ1) is 8.48. The first-order valence-electron chi connectivity index (χ1n) is 7.29. The molecule has 1 aromatic carbocycles. The monoisotopic (exact) mass is 245 g/mol. The van der Waals surface area contributed by atoms with Gasteiger partial charge in [0.15, 0.2) is 0 Å². The van der Waals surface area contributed by atoms with E-state index in [0.717, 1.165) is 5.92 Å². The Balaban J connectivity index is 2.09. The van der Waals surface area contributed by atoms with E-state index in [1.165, 1.54) is 37.1 Å². The molecule has 1 aliphatic rings. The Hall–Kier alpha value is -0.820. The van der Waals surface area contributed by atoms with Gasteiger partial charge in [0.05, 0.1) is 0 Å². The van der Waals surface area contributed by atoms with E-state index in [0.29, 0.717) is 5.92 Å². The van der Waals surface area contributed by atoms with Crippen LogP contribution in [-0.2, 0) is 5.41 Å². The molecule has 0 aromatic heterocycles. The highest BCUT2D eigenvalue weighted by Gasteiger charge is 2.21. The Morgan fingerprint density at radius 3 is 2.11 bits per heavy atom. The standard InChI is InChI=1S/C17H27N/c1-13(15-9-11-18-12-10-15)14-5-7-16(8-6-14)17(2,3)4/h5-8,13,15,18H,9-12H2,1-4H3. The lowest BCUT2D eigenvalue weighted by atomic mass is 9.80. The fourth-order valence-electron chi connectivity index (χ4n) is 2.90. The van der Waals surface area contributed by atoms with Crippen LogP contribution in [0, 0.1) is 5.92 Å². The third-order valence-electron chi connectivity index (χ3n) is 4.39. The topological polar surface area (TPSA) is 12.0 Å². The summed E-state index contributed by atoms with van der Waals surface area (Å²) >= 11 is 0. The van der Waals surface area contributed by atoms with Gasteiger partial charge in [-0.1, -0.05) is 52.0 Å². The largest absolute Gasteiger partial charge is 0.317 e. The fraction of sp³-hybridized carbons (Fsp3) is 0.647. The SMILES string of the molecule is CC(c1ccc(C(C)(C)C)cc1)C1CCNCC1. The second kappa shape index (κ2) is 5.44. The van der Waals surface area contributed by atoms with Crippen molar-refractivity contribution in [3.8, 4) is 0 Å². The van der Waals surface area contributed by atoms with Gasteiger partial charge in [0.2, 0.25) is 0 Å². The van der Waals surface area contributed by atoms with Crippen LogP contribution in [-0.4, -0.2) is 13.1 Å². The molecular formula is C17H27N. The Kier molecular flexibility index (Phi) is 4.11. The molecule has 1 heterocycles. The van der Waals surface area contributed by atoms with E-state index in [9.17, 15) is 0 Å². The molecule has 1 aromatic rings. The summed E-state index contributed by atoms with van der Waals surface area (Å²) in [6.07, 6.45) is 2.64.